The number of hydrogen-bond acceptors (Lipinski definition) is 4. The summed E-state index contributed by atoms with van der Waals surface area (Å²) in [5.74, 6) is 0. The van der Waals surface area contributed by atoms with E-state index < -0.39 is 0 Å². The Morgan fingerprint density at radius 2 is 2.40 bits per heavy atom. The molecule has 0 amide bonds. The summed E-state index contributed by atoms with van der Waals surface area (Å²) in [6, 6.07) is 0. The predicted molar refractivity (Wildman–Crippen MR) is 67.6 cm³/mol. The number of thiazole rings is 1. The zero-order valence-electron chi connectivity index (χ0n) is 7.99. The fourth-order valence-corrected chi connectivity index (χ4v) is 4.01. The van der Waals surface area contributed by atoms with Crippen molar-refractivity contribution < 1.29 is 4.79 Å². The second-order valence-corrected chi connectivity index (χ2v) is 6.34. The quantitative estimate of drug-likeness (QED) is 0.810. The highest BCUT2D eigenvalue weighted by atomic mass is 79.9. The molecule has 0 fully saturated rings. The number of carbonyl (C=O) groups is 1. The van der Waals surface area contributed by atoms with E-state index >= 15 is 0 Å². The molecular weight excluding hydrogens is 294 g/mol. The Labute approximate surface area is 104 Å². The van der Waals surface area contributed by atoms with E-state index in [1.807, 2.05) is 11.7 Å². The molecule has 0 aromatic carbocycles. The van der Waals surface area contributed by atoms with Crippen LogP contribution in [0, 0.1) is 6.92 Å². The summed E-state index contributed by atoms with van der Waals surface area (Å²) in [6.07, 6.45) is 3.27. The van der Waals surface area contributed by atoms with Crippen molar-refractivity contribution in [1.82, 2.24) is 4.98 Å². The molecule has 0 aliphatic carbocycles. The Balaban J connectivity index is 2.57. The van der Waals surface area contributed by atoms with Gasteiger partial charge in [0.2, 0.25) is 0 Å². The van der Waals surface area contributed by atoms with Gasteiger partial charge in [0.05, 0.1) is 14.2 Å². The molecule has 0 saturated carbocycles. The number of halogens is 1. The number of thiophene rings is 1. The van der Waals surface area contributed by atoms with Crippen LogP contribution in [-0.4, -0.2) is 11.3 Å². The highest BCUT2D eigenvalue weighted by Crippen LogP contribution is 2.40. The van der Waals surface area contributed by atoms with Gasteiger partial charge in [-0.2, -0.15) is 0 Å². The molecule has 0 radical (unpaired) electrons. The Bertz CT molecular complexity index is 476. The first-order valence-corrected chi connectivity index (χ1v) is 6.83. The van der Waals surface area contributed by atoms with Gasteiger partial charge in [0.1, 0.15) is 6.29 Å². The number of carbonyl (C=O) groups excluding carboxylic acids is 1. The van der Waals surface area contributed by atoms with E-state index in [2.05, 4.69) is 27.8 Å². The summed E-state index contributed by atoms with van der Waals surface area (Å²) < 4.78 is 1.10. The van der Waals surface area contributed by atoms with Crippen molar-refractivity contribution in [3.63, 3.8) is 0 Å². The lowest BCUT2D eigenvalue weighted by Crippen LogP contribution is -1.84. The fraction of sp³-hybridized carbons (Fsp3) is 0.200. The van der Waals surface area contributed by atoms with Crippen molar-refractivity contribution in [3.05, 3.63) is 25.9 Å². The molecule has 0 bridgehead atoms. The van der Waals surface area contributed by atoms with Crippen molar-refractivity contribution in [2.45, 2.75) is 13.3 Å². The molecule has 0 saturated heterocycles. The van der Waals surface area contributed by atoms with Crippen LogP contribution in [0.3, 0.4) is 0 Å². The lowest BCUT2D eigenvalue weighted by molar-refractivity contribution is -0.107. The number of aromatic nitrogens is 1. The molecule has 15 heavy (non-hydrogen) atoms. The van der Waals surface area contributed by atoms with Gasteiger partial charge in [-0.15, -0.1) is 22.7 Å². The Morgan fingerprint density at radius 1 is 1.60 bits per heavy atom. The number of rotatable bonds is 3. The Kier molecular flexibility index (Phi) is 3.33. The molecule has 0 aliphatic heterocycles. The van der Waals surface area contributed by atoms with Crippen molar-refractivity contribution in [2.75, 3.05) is 0 Å². The van der Waals surface area contributed by atoms with Crippen LogP contribution in [-0.2, 0) is 11.2 Å². The monoisotopic (exact) mass is 301 g/mol. The highest BCUT2D eigenvalue weighted by molar-refractivity contribution is 9.11. The third kappa shape index (κ3) is 2.04. The fourth-order valence-electron chi connectivity index (χ4n) is 1.42. The molecule has 78 valence electrons. The van der Waals surface area contributed by atoms with Crippen molar-refractivity contribution >= 4 is 44.9 Å². The largest absolute Gasteiger partial charge is 0.303 e. The first-order valence-electron chi connectivity index (χ1n) is 4.34. The molecule has 0 unspecified atom stereocenters. The van der Waals surface area contributed by atoms with E-state index in [9.17, 15) is 4.79 Å². The zero-order chi connectivity index (χ0) is 10.8. The van der Waals surface area contributed by atoms with Crippen LogP contribution in [0.1, 0.15) is 10.4 Å². The lowest BCUT2D eigenvalue weighted by Gasteiger charge is -1.98. The van der Waals surface area contributed by atoms with Gasteiger partial charge in [-0.25, -0.2) is 0 Å². The number of nitrogens with zero attached hydrogens (tertiary/aromatic N) is 1. The summed E-state index contributed by atoms with van der Waals surface area (Å²) in [7, 11) is 0. The molecule has 0 N–H and O–H groups in total. The molecule has 2 aromatic rings. The SMILES string of the molecule is Cc1c(Br)sc(CC=O)c1-c1cncs1. The maximum absolute atomic E-state index is 10.6. The molecule has 5 heteroatoms. The van der Waals surface area contributed by atoms with Gasteiger partial charge in [-0.3, -0.25) is 4.98 Å². The average Bonchev–Trinajstić information content (AvgIpc) is 2.78. The molecule has 0 aliphatic rings. The van der Waals surface area contributed by atoms with E-state index in [0.29, 0.717) is 6.42 Å². The normalized spacial score (nSPS) is 10.5. The number of aldehydes is 1. The third-order valence-electron chi connectivity index (χ3n) is 2.11. The molecule has 0 atom stereocenters. The molecule has 2 heterocycles. The maximum Gasteiger partial charge on any atom is 0.125 e. The van der Waals surface area contributed by atoms with E-state index in [-0.39, 0.29) is 0 Å². The van der Waals surface area contributed by atoms with Gasteiger partial charge < -0.3 is 4.79 Å². The van der Waals surface area contributed by atoms with E-state index in [1.54, 1.807) is 22.7 Å². The van der Waals surface area contributed by atoms with Gasteiger partial charge in [0, 0.05) is 23.1 Å². The Morgan fingerprint density at radius 3 is 3.00 bits per heavy atom. The van der Waals surface area contributed by atoms with Crippen LogP contribution in [0.15, 0.2) is 15.5 Å². The van der Waals surface area contributed by atoms with E-state index in [1.165, 1.54) is 11.1 Å². The topological polar surface area (TPSA) is 30.0 Å². The lowest BCUT2D eigenvalue weighted by atomic mass is 10.1. The van der Waals surface area contributed by atoms with Gasteiger partial charge in [-0.1, -0.05) is 0 Å². The summed E-state index contributed by atoms with van der Waals surface area (Å²) in [5.41, 5.74) is 4.17. The van der Waals surface area contributed by atoms with Crippen molar-refractivity contribution in [3.8, 4) is 10.4 Å². The van der Waals surface area contributed by atoms with Gasteiger partial charge in [0.15, 0.2) is 0 Å². The predicted octanol–water partition coefficient (Wildman–Crippen LogP) is 3.68. The third-order valence-corrected chi connectivity index (χ3v) is 5.08. The van der Waals surface area contributed by atoms with Crippen LogP contribution in [0.2, 0.25) is 0 Å². The minimum atomic E-state index is 0.477. The van der Waals surface area contributed by atoms with Crippen molar-refractivity contribution in [2.24, 2.45) is 0 Å². The molecule has 2 aromatic heterocycles. The molecule has 0 spiro atoms. The van der Waals surface area contributed by atoms with Crippen molar-refractivity contribution in [1.29, 1.82) is 0 Å². The van der Waals surface area contributed by atoms with Crippen LogP contribution in [0.5, 0.6) is 0 Å². The average molecular weight is 302 g/mol. The minimum Gasteiger partial charge on any atom is -0.303 e. The second kappa shape index (κ2) is 4.55. The number of hydrogen-bond donors (Lipinski definition) is 0. The van der Waals surface area contributed by atoms with Gasteiger partial charge in [-0.05, 0) is 28.4 Å². The minimum absolute atomic E-state index is 0.477. The van der Waals surface area contributed by atoms with E-state index in [0.717, 1.165) is 19.8 Å². The van der Waals surface area contributed by atoms with Crippen LogP contribution in [0.25, 0.3) is 10.4 Å². The molecule has 2 nitrogen and oxygen atoms in total. The smallest absolute Gasteiger partial charge is 0.125 e. The van der Waals surface area contributed by atoms with E-state index in [4.69, 9.17) is 0 Å². The molecular formula is C10H8BrNOS2. The van der Waals surface area contributed by atoms with Gasteiger partial charge >= 0.3 is 0 Å². The van der Waals surface area contributed by atoms with Crippen LogP contribution < -0.4 is 0 Å². The standard InChI is InChI=1S/C10H8BrNOS2/c1-6-9(8-4-12-5-14-8)7(2-3-13)15-10(6)11/h3-5H,2H2,1H3. The zero-order valence-corrected chi connectivity index (χ0v) is 11.2. The highest BCUT2D eigenvalue weighted by Gasteiger charge is 2.15. The first-order chi connectivity index (χ1) is 7.24. The Hall–Kier alpha value is -0.520. The van der Waals surface area contributed by atoms with Crippen LogP contribution in [0.4, 0.5) is 0 Å². The maximum atomic E-state index is 10.6. The van der Waals surface area contributed by atoms with Gasteiger partial charge in [0.25, 0.3) is 0 Å². The second-order valence-electron chi connectivity index (χ2n) is 3.04. The molecule has 2 rings (SSSR count). The first kappa shape index (κ1) is 11.0. The summed E-state index contributed by atoms with van der Waals surface area (Å²) in [5, 5.41) is 0. The summed E-state index contributed by atoms with van der Waals surface area (Å²) in [6.45, 7) is 2.06. The van der Waals surface area contributed by atoms with Crippen LogP contribution >= 0.6 is 38.6 Å². The summed E-state index contributed by atoms with van der Waals surface area (Å²) >= 11 is 6.74. The summed E-state index contributed by atoms with van der Waals surface area (Å²) in [4.78, 5) is 16.9.